The first-order chi connectivity index (χ1) is 14.4. The molecule has 30 heavy (non-hydrogen) atoms. The van der Waals surface area contributed by atoms with Crippen molar-refractivity contribution in [1.82, 2.24) is 9.80 Å². The molecule has 1 aromatic heterocycles. The van der Waals surface area contributed by atoms with E-state index >= 15 is 0 Å². The first-order valence-corrected chi connectivity index (χ1v) is 9.69. The number of nitrogens with zero attached hydrogens (tertiary/aromatic N) is 2. The lowest BCUT2D eigenvalue weighted by molar-refractivity contribution is 0.0716. The van der Waals surface area contributed by atoms with Gasteiger partial charge in [-0.05, 0) is 43.9 Å². The third kappa shape index (κ3) is 3.31. The standard InChI is InChI=1S/C23H24N2O5/c1-24(2)10-11-25-20(14-6-5-7-15(12-14)28-3)19-21(26)17-9-8-16(29-4)13-18(17)30-22(19)23(25)27/h5-9,12-13,20H,10-11H2,1-4H3/t20-/m1/s1. The fourth-order valence-electron chi connectivity index (χ4n) is 3.82. The molecule has 0 bridgehead atoms. The Morgan fingerprint density at radius 1 is 1.03 bits per heavy atom. The third-order valence-corrected chi connectivity index (χ3v) is 5.37. The SMILES string of the molecule is COc1cccc([C@@H]2c3c(oc4cc(OC)ccc4c3=O)C(=O)N2CCN(C)C)c1. The van der Waals surface area contributed by atoms with Gasteiger partial charge in [0.2, 0.25) is 5.76 Å². The molecule has 7 nitrogen and oxygen atoms in total. The average molecular weight is 408 g/mol. The van der Waals surface area contributed by atoms with Crippen molar-refractivity contribution < 1.29 is 18.7 Å². The van der Waals surface area contributed by atoms with Crippen LogP contribution in [0.4, 0.5) is 0 Å². The highest BCUT2D eigenvalue weighted by molar-refractivity contribution is 5.99. The van der Waals surface area contributed by atoms with E-state index in [1.54, 1.807) is 37.3 Å². The van der Waals surface area contributed by atoms with Crippen LogP contribution in [0.1, 0.15) is 27.7 Å². The van der Waals surface area contributed by atoms with E-state index in [2.05, 4.69) is 0 Å². The lowest BCUT2D eigenvalue weighted by Crippen LogP contribution is -2.35. The van der Waals surface area contributed by atoms with Gasteiger partial charge in [0.25, 0.3) is 5.91 Å². The van der Waals surface area contributed by atoms with Crippen LogP contribution in [0.5, 0.6) is 11.5 Å². The molecule has 1 amide bonds. The van der Waals surface area contributed by atoms with Gasteiger partial charge in [0.05, 0.1) is 31.2 Å². The molecule has 2 aromatic carbocycles. The second-order valence-corrected chi connectivity index (χ2v) is 7.52. The second-order valence-electron chi connectivity index (χ2n) is 7.52. The summed E-state index contributed by atoms with van der Waals surface area (Å²) in [6, 6.07) is 11.9. The highest BCUT2D eigenvalue weighted by Gasteiger charge is 2.42. The Balaban J connectivity index is 1.93. The zero-order valence-corrected chi connectivity index (χ0v) is 17.5. The maximum atomic E-state index is 13.5. The van der Waals surface area contributed by atoms with Gasteiger partial charge in [-0.3, -0.25) is 9.59 Å². The molecule has 1 atom stereocenters. The predicted octanol–water partition coefficient (Wildman–Crippen LogP) is 2.92. The van der Waals surface area contributed by atoms with E-state index in [1.165, 1.54) is 0 Å². The molecule has 0 saturated heterocycles. The quantitative estimate of drug-likeness (QED) is 0.625. The van der Waals surface area contributed by atoms with E-state index in [0.29, 0.717) is 41.1 Å². The average Bonchev–Trinajstić information content (AvgIpc) is 3.04. The molecule has 3 aromatic rings. The lowest BCUT2D eigenvalue weighted by Gasteiger charge is -2.26. The van der Waals surface area contributed by atoms with Crippen LogP contribution >= 0.6 is 0 Å². The molecule has 0 unspecified atom stereocenters. The normalized spacial score (nSPS) is 15.7. The summed E-state index contributed by atoms with van der Waals surface area (Å²) in [6.45, 7) is 1.11. The fourth-order valence-corrected chi connectivity index (χ4v) is 3.82. The maximum Gasteiger partial charge on any atom is 0.290 e. The summed E-state index contributed by atoms with van der Waals surface area (Å²) >= 11 is 0. The van der Waals surface area contributed by atoms with E-state index in [0.717, 1.165) is 5.56 Å². The molecule has 0 saturated carbocycles. The van der Waals surface area contributed by atoms with Crippen molar-refractivity contribution >= 4 is 16.9 Å². The van der Waals surface area contributed by atoms with Crippen LogP contribution in [0, 0.1) is 0 Å². The highest BCUT2D eigenvalue weighted by Crippen LogP contribution is 2.39. The molecular formula is C23H24N2O5. The van der Waals surface area contributed by atoms with Crippen LogP contribution in [0.15, 0.2) is 51.7 Å². The Morgan fingerprint density at radius 2 is 1.77 bits per heavy atom. The van der Waals surface area contributed by atoms with Crippen molar-refractivity contribution in [3.05, 3.63) is 69.6 Å². The molecule has 0 radical (unpaired) electrons. The number of amides is 1. The van der Waals surface area contributed by atoms with Crippen LogP contribution < -0.4 is 14.9 Å². The van der Waals surface area contributed by atoms with Gasteiger partial charge in [-0.1, -0.05) is 12.1 Å². The number of ether oxygens (including phenoxy) is 2. The zero-order valence-electron chi connectivity index (χ0n) is 17.5. The summed E-state index contributed by atoms with van der Waals surface area (Å²) in [5.41, 5.74) is 1.30. The smallest absolute Gasteiger partial charge is 0.290 e. The van der Waals surface area contributed by atoms with Gasteiger partial charge < -0.3 is 23.7 Å². The van der Waals surface area contributed by atoms with E-state index in [9.17, 15) is 9.59 Å². The summed E-state index contributed by atoms with van der Waals surface area (Å²) in [6.07, 6.45) is 0. The molecule has 7 heteroatoms. The summed E-state index contributed by atoms with van der Waals surface area (Å²) < 4.78 is 16.6. The third-order valence-electron chi connectivity index (χ3n) is 5.37. The van der Waals surface area contributed by atoms with Crippen LogP contribution in [0.25, 0.3) is 11.0 Å². The van der Waals surface area contributed by atoms with Crippen molar-refractivity contribution in [2.24, 2.45) is 0 Å². The molecular weight excluding hydrogens is 384 g/mol. The molecule has 0 spiro atoms. The van der Waals surface area contributed by atoms with Gasteiger partial charge in [0.15, 0.2) is 5.43 Å². The summed E-state index contributed by atoms with van der Waals surface area (Å²) in [5.74, 6) is 1.02. The first kappa shape index (κ1) is 20.0. The van der Waals surface area contributed by atoms with Crippen molar-refractivity contribution in [2.75, 3.05) is 41.4 Å². The Labute approximate surface area is 174 Å². The number of benzene rings is 2. The number of methoxy groups -OCH3 is 2. The van der Waals surface area contributed by atoms with Crippen LogP contribution in [-0.2, 0) is 0 Å². The molecule has 4 rings (SSSR count). The van der Waals surface area contributed by atoms with E-state index in [-0.39, 0.29) is 17.1 Å². The topological polar surface area (TPSA) is 72.2 Å². The Morgan fingerprint density at radius 3 is 2.47 bits per heavy atom. The predicted molar refractivity (Wildman–Crippen MR) is 113 cm³/mol. The number of rotatable bonds is 6. The molecule has 0 aliphatic carbocycles. The number of carbonyl (C=O) groups is 1. The van der Waals surface area contributed by atoms with E-state index in [1.807, 2.05) is 43.3 Å². The summed E-state index contributed by atoms with van der Waals surface area (Å²) in [4.78, 5) is 30.5. The highest BCUT2D eigenvalue weighted by atomic mass is 16.5. The number of hydrogen-bond donors (Lipinski definition) is 0. The van der Waals surface area contributed by atoms with Gasteiger partial charge in [0.1, 0.15) is 17.1 Å². The minimum absolute atomic E-state index is 0.0901. The van der Waals surface area contributed by atoms with Gasteiger partial charge in [-0.15, -0.1) is 0 Å². The molecule has 0 N–H and O–H groups in total. The monoisotopic (exact) mass is 408 g/mol. The molecule has 156 valence electrons. The minimum Gasteiger partial charge on any atom is -0.497 e. The first-order valence-electron chi connectivity index (χ1n) is 9.69. The summed E-state index contributed by atoms with van der Waals surface area (Å²) in [5, 5.41) is 0.421. The number of hydrogen-bond acceptors (Lipinski definition) is 6. The minimum atomic E-state index is -0.537. The van der Waals surface area contributed by atoms with Crippen LogP contribution in [0.3, 0.4) is 0 Å². The largest absolute Gasteiger partial charge is 0.497 e. The molecule has 2 heterocycles. The van der Waals surface area contributed by atoms with Crippen molar-refractivity contribution in [2.45, 2.75) is 6.04 Å². The Hall–Kier alpha value is -3.32. The second kappa shape index (κ2) is 7.84. The van der Waals surface area contributed by atoms with Crippen LogP contribution in [-0.4, -0.2) is 57.1 Å². The number of likely N-dealkylation sites (N-methyl/N-ethyl adjacent to an activating group) is 1. The molecule has 1 aliphatic rings. The van der Waals surface area contributed by atoms with Gasteiger partial charge in [-0.2, -0.15) is 0 Å². The van der Waals surface area contributed by atoms with Crippen molar-refractivity contribution in [3.8, 4) is 11.5 Å². The van der Waals surface area contributed by atoms with Crippen LogP contribution in [0.2, 0.25) is 0 Å². The van der Waals surface area contributed by atoms with Gasteiger partial charge >= 0.3 is 0 Å². The van der Waals surface area contributed by atoms with Gasteiger partial charge in [0, 0.05) is 19.2 Å². The van der Waals surface area contributed by atoms with Gasteiger partial charge in [-0.25, -0.2) is 0 Å². The maximum absolute atomic E-state index is 13.5. The molecule has 0 fully saturated rings. The Bertz CT molecular complexity index is 1170. The zero-order chi connectivity index (χ0) is 21.4. The number of carbonyl (C=O) groups excluding carboxylic acids is 1. The number of fused-ring (bicyclic) bond motifs is 2. The van der Waals surface area contributed by atoms with Crippen molar-refractivity contribution in [1.29, 1.82) is 0 Å². The summed E-state index contributed by atoms with van der Waals surface area (Å²) in [7, 11) is 7.02. The van der Waals surface area contributed by atoms with E-state index < -0.39 is 6.04 Å². The van der Waals surface area contributed by atoms with E-state index in [4.69, 9.17) is 13.9 Å². The van der Waals surface area contributed by atoms with Crippen molar-refractivity contribution in [3.63, 3.8) is 0 Å². The lowest BCUT2D eigenvalue weighted by atomic mass is 9.98. The fraction of sp³-hybridized carbons (Fsp3) is 0.304. The Kier molecular flexibility index (Phi) is 5.22. The molecule has 1 aliphatic heterocycles.